The summed E-state index contributed by atoms with van der Waals surface area (Å²) in [4.78, 5) is 26.4. The minimum atomic E-state index is -0.997. The normalized spacial score (nSPS) is 10.6. The van der Waals surface area contributed by atoms with E-state index in [1.807, 2.05) is 43.5 Å². The van der Waals surface area contributed by atoms with E-state index in [9.17, 15) is 9.59 Å². The zero-order valence-electron chi connectivity index (χ0n) is 12.9. The summed E-state index contributed by atoms with van der Waals surface area (Å²) in [5.41, 5.74) is 1.67. The van der Waals surface area contributed by atoms with E-state index in [-0.39, 0.29) is 24.9 Å². The van der Waals surface area contributed by atoms with Gasteiger partial charge >= 0.3 is 5.97 Å². The molecule has 0 saturated carbocycles. The maximum absolute atomic E-state index is 11.6. The van der Waals surface area contributed by atoms with Crippen molar-refractivity contribution in [3.05, 3.63) is 29.6 Å². The average molecular weight is 334 g/mol. The number of amides is 1. The smallest absolute Gasteiger partial charge is 0.303 e. The number of anilines is 1. The number of aliphatic carboxylic acids is 1. The molecule has 6 nitrogen and oxygen atoms in total. The van der Waals surface area contributed by atoms with Crippen LogP contribution in [0.4, 0.5) is 5.13 Å². The molecule has 7 heteroatoms. The van der Waals surface area contributed by atoms with E-state index >= 15 is 0 Å². The molecule has 2 N–H and O–H groups in total. The Morgan fingerprint density at radius 2 is 1.96 bits per heavy atom. The molecule has 0 aliphatic carbocycles. The van der Waals surface area contributed by atoms with Gasteiger partial charge in [-0.25, -0.2) is 4.98 Å². The van der Waals surface area contributed by atoms with E-state index in [2.05, 4.69) is 10.3 Å². The van der Waals surface area contributed by atoms with Crippen LogP contribution in [-0.2, 0) is 9.59 Å². The molecule has 0 spiro atoms. The Morgan fingerprint density at radius 1 is 1.26 bits per heavy atom. The molecule has 0 radical (unpaired) electrons. The molecule has 0 bridgehead atoms. The molecule has 1 amide bonds. The lowest BCUT2D eigenvalue weighted by Gasteiger charge is -2.09. The minimum absolute atomic E-state index is 0.0640. The van der Waals surface area contributed by atoms with Gasteiger partial charge in [0.05, 0.1) is 18.2 Å². The largest absolute Gasteiger partial charge is 0.491 e. The zero-order chi connectivity index (χ0) is 16.8. The Morgan fingerprint density at radius 3 is 2.57 bits per heavy atom. The highest BCUT2D eigenvalue weighted by Crippen LogP contribution is 2.26. The number of aromatic nitrogens is 1. The monoisotopic (exact) mass is 334 g/mol. The van der Waals surface area contributed by atoms with Gasteiger partial charge in [0.25, 0.3) is 0 Å². The number of hydrogen-bond acceptors (Lipinski definition) is 5. The zero-order valence-corrected chi connectivity index (χ0v) is 13.7. The fourth-order valence-corrected chi connectivity index (χ4v) is 2.58. The van der Waals surface area contributed by atoms with Crippen molar-refractivity contribution in [3.8, 4) is 17.0 Å². The lowest BCUT2D eigenvalue weighted by Crippen LogP contribution is -2.12. The predicted molar refractivity (Wildman–Crippen MR) is 88.8 cm³/mol. The van der Waals surface area contributed by atoms with Crippen LogP contribution in [0.3, 0.4) is 0 Å². The topological polar surface area (TPSA) is 88.5 Å². The van der Waals surface area contributed by atoms with Crippen LogP contribution >= 0.6 is 11.3 Å². The third kappa shape index (κ3) is 5.37. The maximum atomic E-state index is 11.6. The third-order valence-corrected chi connectivity index (χ3v) is 3.60. The van der Waals surface area contributed by atoms with Gasteiger partial charge in [0.2, 0.25) is 5.91 Å². The van der Waals surface area contributed by atoms with Crippen LogP contribution in [0, 0.1) is 0 Å². The first-order valence-corrected chi connectivity index (χ1v) is 8.06. The highest BCUT2D eigenvalue weighted by atomic mass is 32.1. The second-order valence-corrected chi connectivity index (χ2v) is 6.03. The van der Waals surface area contributed by atoms with E-state index < -0.39 is 5.97 Å². The molecule has 1 aromatic heterocycles. The van der Waals surface area contributed by atoms with Crippen molar-refractivity contribution >= 4 is 28.3 Å². The van der Waals surface area contributed by atoms with Gasteiger partial charge in [-0.3, -0.25) is 9.59 Å². The Labute approximate surface area is 138 Å². The van der Waals surface area contributed by atoms with Crippen LogP contribution in [0.1, 0.15) is 26.7 Å². The van der Waals surface area contributed by atoms with Gasteiger partial charge in [0.15, 0.2) is 5.13 Å². The van der Waals surface area contributed by atoms with Gasteiger partial charge in [-0.05, 0) is 38.1 Å². The number of thiazole rings is 1. The van der Waals surface area contributed by atoms with Crippen LogP contribution in [0.2, 0.25) is 0 Å². The van der Waals surface area contributed by atoms with Crippen LogP contribution < -0.4 is 10.1 Å². The lowest BCUT2D eigenvalue weighted by atomic mass is 10.2. The molecule has 122 valence electrons. The number of carbonyl (C=O) groups excluding carboxylic acids is 1. The Hall–Kier alpha value is -2.41. The van der Waals surface area contributed by atoms with Crippen molar-refractivity contribution in [3.63, 3.8) is 0 Å². The summed E-state index contributed by atoms with van der Waals surface area (Å²) < 4.78 is 5.59. The molecular formula is C16H18N2O4S. The van der Waals surface area contributed by atoms with Gasteiger partial charge in [0, 0.05) is 17.4 Å². The van der Waals surface area contributed by atoms with Crippen molar-refractivity contribution in [2.24, 2.45) is 0 Å². The maximum Gasteiger partial charge on any atom is 0.303 e. The summed E-state index contributed by atoms with van der Waals surface area (Å²) in [6.07, 6.45) is -0.139. The Balaban J connectivity index is 1.98. The van der Waals surface area contributed by atoms with Crippen molar-refractivity contribution in [2.75, 3.05) is 5.32 Å². The molecular weight excluding hydrogens is 316 g/mol. The summed E-state index contributed by atoms with van der Waals surface area (Å²) in [6, 6.07) is 7.56. The van der Waals surface area contributed by atoms with Crippen LogP contribution in [0.25, 0.3) is 11.3 Å². The quantitative estimate of drug-likeness (QED) is 0.810. The highest BCUT2D eigenvalue weighted by molar-refractivity contribution is 7.14. The summed E-state index contributed by atoms with van der Waals surface area (Å²) in [6.45, 7) is 3.93. The standard InChI is InChI=1S/C16H18N2O4S/c1-10(2)22-12-5-3-11(4-6-12)13-9-23-16(17-13)18-14(19)7-8-15(20)21/h3-6,9-10H,7-8H2,1-2H3,(H,20,21)(H,17,18,19). The summed E-state index contributed by atoms with van der Waals surface area (Å²) in [7, 11) is 0. The van der Waals surface area contributed by atoms with Crippen molar-refractivity contribution in [1.82, 2.24) is 4.98 Å². The van der Waals surface area contributed by atoms with E-state index in [0.29, 0.717) is 5.13 Å². The fourth-order valence-electron chi connectivity index (χ4n) is 1.84. The van der Waals surface area contributed by atoms with E-state index in [1.54, 1.807) is 0 Å². The van der Waals surface area contributed by atoms with Gasteiger partial charge in [-0.2, -0.15) is 0 Å². The first kappa shape index (κ1) is 17.0. The highest BCUT2D eigenvalue weighted by Gasteiger charge is 2.10. The van der Waals surface area contributed by atoms with Crippen LogP contribution in [-0.4, -0.2) is 28.1 Å². The number of hydrogen-bond donors (Lipinski definition) is 2. The second-order valence-electron chi connectivity index (χ2n) is 5.17. The summed E-state index contributed by atoms with van der Waals surface area (Å²) in [5.74, 6) is -0.557. The number of carbonyl (C=O) groups is 2. The molecule has 0 atom stereocenters. The van der Waals surface area contributed by atoms with Gasteiger partial charge in [-0.1, -0.05) is 0 Å². The van der Waals surface area contributed by atoms with Crippen molar-refractivity contribution in [2.45, 2.75) is 32.8 Å². The molecule has 1 heterocycles. The molecule has 0 aliphatic rings. The number of benzene rings is 1. The second kappa shape index (κ2) is 7.73. The molecule has 23 heavy (non-hydrogen) atoms. The first-order chi connectivity index (χ1) is 10.9. The van der Waals surface area contributed by atoms with E-state index in [4.69, 9.17) is 9.84 Å². The molecule has 0 unspecified atom stereocenters. The van der Waals surface area contributed by atoms with Crippen LogP contribution in [0.5, 0.6) is 5.75 Å². The van der Waals surface area contributed by atoms with Crippen molar-refractivity contribution in [1.29, 1.82) is 0 Å². The Bertz CT molecular complexity index is 680. The van der Waals surface area contributed by atoms with Crippen LogP contribution in [0.15, 0.2) is 29.6 Å². The first-order valence-electron chi connectivity index (χ1n) is 7.18. The number of nitrogens with zero attached hydrogens (tertiary/aromatic N) is 1. The molecule has 1 aromatic carbocycles. The number of rotatable bonds is 7. The van der Waals surface area contributed by atoms with E-state index in [0.717, 1.165) is 17.0 Å². The summed E-state index contributed by atoms with van der Waals surface area (Å²) in [5, 5.41) is 13.5. The molecule has 0 aliphatic heterocycles. The lowest BCUT2D eigenvalue weighted by molar-refractivity contribution is -0.138. The molecule has 0 saturated heterocycles. The van der Waals surface area contributed by atoms with E-state index in [1.165, 1.54) is 11.3 Å². The number of ether oxygens (including phenoxy) is 1. The number of nitrogens with one attached hydrogen (secondary N) is 1. The number of carboxylic acids is 1. The SMILES string of the molecule is CC(C)Oc1ccc(-c2csc(NC(=O)CCC(=O)O)n2)cc1. The van der Waals surface area contributed by atoms with Gasteiger partial charge < -0.3 is 15.2 Å². The Kier molecular flexibility index (Phi) is 5.70. The van der Waals surface area contributed by atoms with Crippen molar-refractivity contribution < 1.29 is 19.4 Å². The predicted octanol–water partition coefficient (Wildman–Crippen LogP) is 3.40. The summed E-state index contributed by atoms with van der Waals surface area (Å²) >= 11 is 1.30. The molecule has 0 fully saturated rings. The third-order valence-electron chi connectivity index (χ3n) is 2.84. The van der Waals surface area contributed by atoms with Gasteiger partial charge in [-0.15, -0.1) is 11.3 Å². The molecule has 2 rings (SSSR count). The minimum Gasteiger partial charge on any atom is -0.491 e. The van der Waals surface area contributed by atoms with Gasteiger partial charge in [0.1, 0.15) is 5.75 Å². The number of carboxylic acid groups (broad SMARTS) is 1. The average Bonchev–Trinajstić information content (AvgIpc) is 2.94. The fraction of sp³-hybridized carbons (Fsp3) is 0.312. The molecule has 2 aromatic rings.